The van der Waals surface area contributed by atoms with E-state index in [2.05, 4.69) is 50.2 Å². The third kappa shape index (κ3) is 4.33. The molecule has 0 saturated carbocycles. The number of hydrogen-bond acceptors (Lipinski definition) is 2. The molecule has 2 nitrogen and oxygen atoms in total. The number of rotatable bonds is 7. The van der Waals surface area contributed by atoms with E-state index in [4.69, 9.17) is 9.47 Å². The lowest BCUT2D eigenvalue weighted by Gasteiger charge is -2.12. The highest BCUT2D eigenvalue weighted by atomic mass is 16.5. The number of hydrogen-bond donors (Lipinski definition) is 0. The van der Waals surface area contributed by atoms with Crippen molar-refractivity contribution < 1.29 is 9.47 Å². The summed E-state index contributed by atoms with van der Waals surface area (Å²) in [4.78, 5) is 0. The van der Waals surface area contributed by atoms with E-state index in [0.29, 0.717) is 0 Å². The second kappa shape index (κ2) is 7.84. The second-order valence-corrected chi connectivity index (χ2v) is 5.09. The largest absolute Gasteiger partial charge is 0.494 e. The van der Waals surface area contributed by atoms with E-state index in [-0.39, 0.29) is 6.10 Å². The van der Waals surface area contributed by atoms with Crippen molar-refractivity contribution in [3.8, 4) is 16.9 Å². The van der Waals surface area contributed by atoms with Gasteiger partial charge in [0, 0.05) is 6.61 Å². The Morgan fingerprint density at radius 3 is 1.95 bits per heavy atom. The van der Waals surface area contributed by atoms with Crippen molar-refractivity contribution in [2.75, 3.05) is 13.2 Å². The van der Waals surface area contributed by atoms with Gasteiger partial charge in [-0.25, -0.2) is 0 Å². The van der Waals surface area contributed by atoms with Gasteiger partial charge < -0.3 is 9.47 Å². The van der Waals surface area contributed by atoms with Crippen molar-refractivity contribution in [1.29, 1.82) is 0 Å². The van der Waals surface area contributed by atoms with Gasteiger partial charge in [0.05, 0.1) is 12.7 Å². The molecule has 0 aliphatic heterocycles. The zero-order valence-corrected chi connectivity index (χ0v) is 13.1. The Bertz CT molecular complexity index is 528. The zero-order valence-electron chi connectivity index (χ0n) is 13.1. The van der Waals surface area contributed by atoms with Crippen LogP contribution in [-0.4, -0.2) is 13.2 Å². The van der Waals surface area contributed by atoms with Crippen molar-refractivity contribution in [3.05, 3.63) is 54.1 Å². The van der Waals surface area contributed by atoms with Gasteiger partial charge in [-0.1, -0.05) is 43.3 Å². The molecule has 1 atom stereocenters. The fourth-order valence-electron chi connectivity index (χ4n) is 2.26. The Morgan fingerprint density at radius 2 is 1.43 bits per heavy atom. The van der Waals surface area contributed by atoms with E-state index in [9.17, 15) is 0 Å². The summed E-state index contributed by atoms with van der Waals surface area (Å²) < 4.78 is 11.2. The van der Waals surface area contributed by atoms with Gasteiger partial charge in [0.15, 0.2) is 0 Å². The van der Waals surface area contributed by atoms with Crippen LogP contribution < -0.4 is 4.74 Å². The van der Waals surface area contributed by atoms with Gasteiger partial charge in [0.2, 0.25) is 0 Å². The maximum atomic E-state index is 5.61. The van der Waals surface area contributed by atoms with Crippen molar-refractivity contribution >= 4 is 0 Å². The molecule has 2 heteroatoms. The Morgan fingerprint density at radius 1 is 0.857 bits per heavy atom. The van der Waals surface area contributed by atoms with E-state index in [0.717, 1.165) is 25.4 Å². The summed E-state index contributed by atoms with van der Waals surface area (Å²) in [5, 5.41) is 0. The zero-order chi connectivity index (χ0) is 15.1. The quantitative estimate of drug-likeness (QED) is 0.692. The number of ether oxygens (including phenoxy) is 2. The molecule has 0 heterocycles. The molecule has 0 amide bonds. The van der Waals surface area contributed by atoms with Gasteiger partial charge >= 0.3 is 0 Å². The lowest BCUT2D eigenvalue weighted by molar-refractivity contribution is 0.0764. The van der Waals surface area contributed by atoms with Gasteiger partial charge in [-0.3, -0.25) is 0 Å². The lowest BCUT2D eigenvalue weighted by Crippen LogP contribution is -1.98. The maximum absolute atomic E-state index is 5.61. The van der Waals surface area contributed by atoms with Gasteiger partial charge in [0.1, 0.15) is 5.75 Å². The summed E-state index contributed by atoms with van der Waals surface area (Å²) >= 11 is 0. The van der Waals surface area contributed by atoms with Crippen molar-refractivity contribution in [1.82, 2.24) is 0 Å². The molecule has 0 radical (unpaired) electrons. The first-order chi connectivity index (χ1) is 10.2. The van der Waals surface area contributed by atoms with E-state index in [1.807, 2.05) is 19.1 Å². The van der Waals surface area contributed by atoms with Crippen LogP contribution in [-0.2, 0) is 4.74 Å². The lowest BCUT2D eigenvalue weighted by atomic mass is 10.0. The van der Waals surface area contributed by atoms with Crippen molar-refractivity contribution in [2.45, 2.75) is 33.3 Å². The smallest absolute Gasteiger partial charge is 0.119 e. The van der Waals surface area contributed by atoms with Crippen LogP contribution in [0.5, 0.6) is 5.75 Å². The molecule has 2 aromatic rings. The first-order valence-corrected chi connectivity index (χ1v) is 7.69. The molecule has 112 valence electrons. The first kappa shape index (κ1) is 15.6. The standard InChI is InChI=1S/C19H24O2/c1-4-14-21-19-12-10-18(11-13-19)17-8-6-16(7-9-17)15(3)20-5-2/h6-13,15H,4-5,14H2,1-3H3. The van der Waals surface area contributed by atoms with Crippen LogP contribution in [0.15, 0.2) is 48.5 Å². The summed E-state index contributed by atoms with van der Waals surface area (Å²) in [5.74, 6) is 0.933. The van der Waals surface area contributed by atoms with Gasteiger partial charge in [-0.05, 0) is 49.1 Å². The highest BCUT2D eigenvalue weighted by Crippen LogP contribution is 2.25. The minimum Gasteiger partial charge on any atom is -0.494 e. The van der Waals surface area contributed by atoms with Crippen molar-refractivity contribution in [3.63, 3.8) is 0 Å². The predicted octanol–water partition coefficient (Wildman–Crippen LogP) is 5.24. The summed E-state index contributed by atoms with van der Waals surface area (Å²) in [6.45, 7) is 7.72. The maximum Gasteiger partial charge on any atom is 0.119 e. The Kier molecular flexibility index (Phi) is 5.82. The fraction of sp³-hybridized carbons (Fsp3) is 0.368. The van der Waals surface area contributed by atoms with Crippen LogP contribution in [0.1, 0.15) is 38.9 Å². The van der Waals surface area contributed by atoms with E-state index in [1.165, 1.54) is 16.7 Å². The molecule has 0 N–H and O–H groups in total. The molecular weight excluding hydrogens is 260 g/mol. The van der Waals surface area contributed by atoms with Gasteiger partial charge in [0.25, 0.3) is 0 Å². The average molecular weight is 284 g/mol. The molecule has 0 bridgehead atoms. The molecule has 0 saturated heterocycles. The van der Waals surface area contributed by atoms with Gasteiger partial charge in [-0.15, -0.1) is 0 Å². The highest BCUT2D eigenvalue weighted by Gasteiger charge is 2.05. The fourth-order valence-corrected chi connectivity index (χ4v) is 2.26. The molecule has 2 aromatic carbocycles. The Labute approximate surface area is 127 Å². The average Bonchev–Trinajstić information content (AvgIpc) is 2.54. The third-order valence-corrected chi connectivity index (χ3v) is 3.46. The van der Waals surface area contributed by atoms with Crippen LogP contribution in [0.2, 0.25) is 0 Å². The second-order valence-electron chi connectivity index (χ2n) is 5.09. The van der Waals surface area contributed by atoms with Crippen LogP contribution in [0.4, 0.5) is 0 Å². The monoisotopic (exact) mass is 284 g/mol. The van der Waals surface area contributed by atoms with E-state index >= 15 is 0 Å². The van der Waals surface area contributed by atoms with Crippen LogP contribution in [0.25, 0.3) is 11.1 Å². The van der Waals surface area contributed by atoms with Crippen molar-refractivity contribution in [2.24, 2.45) is 0 Å². The Balaban J connectivity index is 2.07. The molecule has 0 fully saturated rings. The minimum atomic E-state index is 0.147. The third-order valence-electron chi connectivity index (χ3n) is 3.46. The topological polar surface area (TPSA) is 18.5 Å². The van der Waals surface area contributed by atoms with Crippen LogP contribution in [0.3, 0.4) is 0 Å². The molecule has 21 heavy (non-hydrogen) atoms. The molecule has 0 aliphatic carbocycles. The van der Waals surface area contributed by atoms with E-state index in [1.54, 1.807) is 0 Å². The summed E-state index contributed by atoms with van der Waals surface area (Å²) in [5.41, 5.74) is 3.63. The SMILES string of the molecule is CCCOc1ccc(-c2ccc(C(C)OCC)cc2)cc1. The molecule has 2 rings (SSSR count). The van der Waals surface area contributed by atoms with Crippen LogP contribution in [0, 0.1) is 0 Å². The van der Waals surface area contributed by atoms with E-state index < -0.39 is 0 Å². The summed E-state index contributed by atoms with van der Waals surface area (Å²) in [6.07, 6.45) is 1.18. The molecular formula is C19H24O2. The first-order valence-electron chi connectivity index (χ1n) is 7.69. The number of benzene rings is 2. The van der Waals surface area contributed by atoms with Crippen LogP contribution >= 0.6 is 0 Å². The minimum absolute atomic E-state index is 0.147. The summed E-state index contributed by atoms with van der Waals surface area (Å²) in [7, 11) is 0. The molecule has 0 aromatic heterocycles. The summed E-state index contributed by atoms with van der Waals surface area (Å²) in [6, 6.07) is 16.8. The predicted molar refractivity (Wildman–Crippen MR) is 87.7 cm³/mol. The molecule has 0 spiro atoms. The molecule has 1 unspecified atom stereocenters. The molecule has 0 aliphatic rings. The highest BCUT2D eigenvalue weighted by molar-refractivity contribution is 5.64. The normalized spacial score (nSPS) is 12.1. The van der Waals surface area contributed by atoms with Gasteiger partial charge in [-0.2, -0.15) is 0 Å². The Hall–Kier alpha value is -1.80.